The summed E-state index contributed by atoms with van der Waals surface area (Å²) in [5, 5.41) is 21.2. The van der Waals surface area contributed by atoms with E-state index in [0.29, 0.717) is 12.4 Å². The Morgan fingerprint density at radius 3 is 2.58 bits per heavy atom. The number of thiazole rings is 1. The predicted molar refractivity (Wildman–Crippen MR) is 91.0 cm³/mol. The van der Waals surface area contributed by atoms with E-state index in [0.717, 1.165) is 20.8 Å². The van der Waals surface area contributed by atoms with Crippen molar-refractivity contribution in [3.8, 4) is 5.75 Å². The van der Waals surface area contributed by atoms with Crippen LogP contribution in [0.15, 0.2) is 53.7 Å². The van der Waals surface area contributed by atoms with Gasteiger partial charge < -0.3 is 15.1 Å². The number of carboxylic acid groups (broad SMARTS) is 1. The van der Waals surface area contributed by atoms with Crippen molar-refractivity contribution in [1.82, 2.24) is 4.98 Å². The van der Waals surface area contributed by atoms with Gasteiger partial charge in [-0.2, -0.15) is 0 Å². The number of ether oxygens (including phenoxy) is 1. The van der Waals surface area contributed by atoms with Crippen LogP contribution in [0, 0.1) is 0 Å². The van der Waals surface area contributed by atoms with Crippen LogP contribution >= 0.6 is 11.3 Å². The van der Waals surface area contributed by atoms with Crippen LogP contribution in [0.4, 0.5) is 0 Å². The Morgan fingerprint density at radius 1 is 1.17 bits per heavy atom. The van der Waals surface area contributed by atoms with E-state index in [9.17, 15) is 4.79 Å². The van der Waals surface area contributed by atoms with Crippen molar-refractivity contribution in [2.45, 2.75) is 13.0 Å². The Kier molecular flexibility index (Phi) is 4.72. The van der Waals surface area contributed by atoms with E-state index in [1.54, 1.807) is 35.6 Å². The number of fused-ring (bicyclic) bond motifs is 1. The van der Waals surface area contributed by atoms with E-state index in [-0.39, 0.29) is 12.1 Å². The van der Waals surface area contributed by atoms with E-state index in [4.69, 9.17) is 15.1 Å². The number of rotatable bonds is 6. The molecule has 0 bridgehead atoms. The van der Waals surface area contributed by atoms with Crippen LogP contribution in [-0.2, 0) is 17.8 Å². The molecule has 1 heterocycles. The van der Waals surface area contributed by atoms with Crippen LogP contribution in [0.1, 0.15) is 10.6 Å². The molecule has 2 aromatic carbocycles. The molecule has 3 rings (SSSR count). The zero-order valence-corrected chi connectivity index (χ0v) is 13.4. The Labute approximate surface area is 141 Å². The first-order valence-electron chi connectivity index (χ1n) is 7.16. The molecule has 7 heteroatoms. The fourth-order valence-electron chi connectivity index (χ4n) is 2.18. The SMILES string of the molecule is O=C(O)C(Cc1ccc(OCc2nc3ccccc3s2)cc1)=NO. The summed E-state index contributed by atoms with van der Waals surface area (Å²) in [5.74, 6) is -0.579. The molecular weight excluding hydrogens is 328 g/mol. The van der Waals surface area contributed by atoms with Crippen molar-refractivity contribution in [3.63, 3.8) is 0 Å². The second-order valence-corrected chi connectivity index (χ2v) is 6.15. The minimum Gasteiger partial charge on any atom is -0.486 e. The molecule has 0 atom stereocenters. The van der Waals surface area contributed by atoms with Crippen molar-refractivity contribution < 1.29 is 19.8 Å². The standard InChI is InChI=1S/C17H14N2O4S/c20-17(21)14(19-22)9-11-5-7-12(8-6-11)23-10-16-18-13-3-1-2-4-15(13)24-16/h1-8,22H,9-10H2,(H,20,21). The van der Waals surface area contributed by atoms with Crippen LogP contribution < -0.4 is 4.74 Å². The molecule has 0 aliphatic rings. The molecule has 0 saturated heterocycles. The topological polar surface area (TPSA) is 92.0 Å². The number of oxime groups is 1. The average Bonchev–Trinajstić information content (AvgIpc) is 3.01. The van der Waals surface area contributed by atoms with Crippen LogP contribution in [0.3, 0.4) is 0 Å². The summed E-state index contributed by atoms with van der Waals surface area (Å²) in [6.07, 6.45) is 0.0456. The maximum absolute atomic E-state index is 10.8. The second-order valence-electron chi connectivity index (χ2n) is 5.04. The van der Waals surface area contributed by atoms with Crippen molar-refractivity contribution in [3.05, 3.63) is 59.1 Å². The zero-order chi connectivity index (χ0) is 16.9. The molecule has 0 aliphatic carbocycles. The Morgan fingerprint density at radius 2 is 1.92 bits per heavy atom. The highest BCUT2D eigenvalue weighted by atomic mass is 32.1. The lowest BCUT2D eigenvalue weighted by Crippen LogP contribution is -2.15. The summed E-state index contributed by atoms with van der Waals surface area (Å²) < 4.78 is 6.83. The molecule has 0 fully saturated rings. The molecule has 2 N–H and O–H groups in total. The summed E-state index contributed by atoms with van der Waals surface area (Å²) in [4.78, 5) is 15.3. The quantitative estimate of drug-likeness (QED) is 0.407. The van der Waals surface area contributed by atoms with Gasteiger partial charge in [-0.25, -0.2) is 9.78 Å². The number of benzene rings is 2. The first-order chi connectivity index (χ1) is 11.7. The third-order valence-electron chi connectivity index (χ3n) is 3.36. The van der Waals surface area contributed by atoms with E-state index in [1.165, 1.54) is 0 Å². The number of nitrogens with zero attached hydrogens (tertiary/aromatic N) is 2. The molecule has 0 amide bonds. The summed E-state index contributed by atoms with van der Waals surface area (Å²) in [7, 11) is 0. The number of aromatic nitrogens is 1. The van der Waals surface area contributed by atoms with Crippen molar-refractivity contribution in [1.29, 1.82) is 0 Å². The highest BCUT2D eigenvalue weighted by Gasteiger charge is 2.11. The summed E-state index contributed by atoms with van der Waals surface area (Å²) in [6.45, 7) is 0.372. The van der Waals surface area contributed by atoms with Crippen LogP contribution in [-0.4, -0.2) is 27.0 Å². The van der Waals surface area contributed by atoms with E-state index >= 15 is 0 Å². The lowest BCUT2D eigenvalue weighted by atomic mass is 10.1. The number of hydrogen-bond acceptors (Lipinski definition) is 6. The molecule has 24 heavy (non-hydrogen) atoms. The molecule has 0 unspecified atom stereocenters. The monoisotopic (exact) mass is 342 g/mol. The number of carbonyl (C=O) groups is 1. The first kappa shape index (κ1) is 15.9. The van der Waals surface area contributed by atoms with Crippen LogP contribution in [0.2, 0.25) is 0 Å². The molecule has 0 aliphatic heterocycles. The van der Waals surface area contributed by atoms with Crippen LogP contribution in [0.5, 0.6) is 5.75 Å². The second kappa shape index (κ2) is 7.10. The fourth-order valence-corrected chi connectivity index (χ4v) is 3.06. The summed E-state index contributed by atoms with van der Waals surface area (Å²) >= 11 is 1.59. The van der Waals surface area contributed by atoms with Gasteiger partial charge in [0.25, 0.3) is 0 Å². The van der Waals surface area contributed by atoms with E-state index in [2.05, 4.69) is 10.1 Å². The van der Waals surface area contributed by atoms with Gasteiger partial charge in [0.1, 0.15) is 17.4 Å². The molecule has 0 radical (unpaired) electrons. The molecule has 6 nitrogen and oxygen atoms in total. The lowest BCUT2D eigenvalue weighted by Gasteiger charge is -2.05. The number of para-hydroxylation sites is 1. The van der Waals surface area contributed by atoms with Gasteiger partial charge in [0, 0.05) is 6.42 Å². The van der Waals surface area contributed by atoms with Gasteiger partial charge in [-0.1, -0.05) is 29.4 Å². The van der Waals surface area contributed by atoms with Gasteiger partial charge in [0.15, 0.2) is 5.71 Å². The van der Waals surface area contributed by atoms with Gasteiger partial charge in [0.2, 0.25) is 0 Å². The maximum atomic E-state index is 10.8. The summed E-state index contributed by atoms with van der Waals surface area (Å²) in [5.41, 5.74) is 1.37. The minimum atomic E-state index is -1.24. The van der Waals surface area contributed by atoms with E-state index in [1.807, 2.05) is 24.3 Å². The Balaban J connectivity index is 1.62. The molecule has 122 valence electrons. The third kappa shape index (κ3) is 3.69. The normalized spacial score (nSPS) is 11.6. The number of aliphatic carboxylic acids is 1. The van der Waals surface area contributed by atoms with Gasteiger partial charge in [-0.05, 0) is 29.8 Å². The smallest absolute Gasteiger partial charge is 0.354 e. The van der Waals surface area contributed by atoms with Gasteiger partial charge in [0.05, 0.1) is 10.2 Å². The molecule has 0 spiro atoms. The molecular formula is C17H14N2O4S. The minimum absolute atomic E-state index is 0.0456. The molecule has 0 saturated carbocycles. The molecule has 3 aromatic rings. The first-order valence-corrected chi connectivity index (χ1v) is 7.98. The number of hydrogen-bond donors (Lipinski definition) is 2. The van der Waals surface area contributed by atoms with Crippen molar-refractivity contribution >= 4 is 33.2 Å². The highest BCUT2D eigenvalue weighted by molar-refractivity contribution is 7.18. The van der Waals surface area contributed by atoms with Gasteiger partial charge >= 0.3 is 5.97 Å². The predicted octanol–water partition coefficient (Wildman–Crippen LogP) is 3.33. The largest absolute Gasteiger partial charge is 0.486 e. The maximum Gasteiger partial charge on any atom is 0.354 e. The Hall–Kier alpha value is -2.93. The van der Waals surface area contributed by atoms with E-state index < -0.39 is 5.97 Å². The average molecular weight is 342 g/mol. The van der Waals surface area contributed by atoms with Gasteiger partial charge in [-0.3, -0.25) is 0 Å². The molecule has 1 aromatic heterocycles. The Bertz CT molecular complexity index is 854. The van der Waals surface area contributed by atoms with Crippen molar-refractivity contribution in [2.24, 2.45) is 5.16 Å². The lowest BCUT2D eigenvalue weighted by molar-refractivity contribution is -0.129. The summed E-state index contributed by atoms with van der Waals surface area (Å²) in [6, 6.07) is 14.9. The highest BCUT2D eigenvalue weighted by Crippen LogP contribution is 2.23. The zero-order valence-electron chi connectivity index (χ0n) is 12.5. The number of carboxylic acids is 1. The third-order valence-corrected chi connectivity index (χ3v) is 4.37. The van der Waals surface area contributed by atoms with Gasteiger partial charge in [-0.15, -0.1) is 11.3 Å². The van der Waals surface area contributed by atoms with Crippen molar-refractivity contribution in [2.75, 3.05) is 0 Å². The van der Waals surface area contributed by atoms with Crippen LogP contribution in [0.25, 0.3) is 10.2 Å². The fraction of sp³-hybridized carbons (Fsp3) is 0.118.